The minimum Gasteiger partial charge on any atom is -0.392 e. The molecule has 1 fully saturated rings. The molecule has 1 rings (SSSR count). The van der Waals surface area contributed by atoms with E-state index in [0.717, 1.165) is 19.5 Å². The fourth-order valence-corrected chi connectivity index (χ4v) is 2.16. The first-order valence-corrected chi connectivity index (χ1v) is 4.93. The van der Waals surface area contributed by atoms with Gasteiger partial charge in [0.1, 0.15) is 0 Å². The summed E-state index contributed by atoms with van der Waals surface area (Å²) in [7, 11) is 2.07. The molecule has 2 nitrogen and oxygen atoms in total. The molecule has 0 saturated carbocycles. The van der Waals surface area contributed by atoms with Gasteiger partial charge in [-0.15, -0.1) is 0 Å². The monoisotopic (exact) mass is 255 g/mol. The Kier molecular flexibility index (Phi) is 3.39. The van der Waals surface area contributed by atoms with Crippen LogP contribution in [-0.4, -0.2) is 40.2 Å². The van der Waals surface area contributed by atoms with Gasteiger partial charge in [-0.3, -0.25) is 0 Å². The molecule has 1 aliphatic rings. The van der Waals surface area contributed by atoms with Crippen LogP contribution in [0.25, 0.3) is 0 Å². The number of halogens is 1. The molecule has 0 aromatic rings. The van der Waals surface area contributed by atoms with Crippen LogP contribution in [0, 0.1) is 0 Å². The number of likely N-dealkylation sites (tertiary alicyclic amines) is 1. The lowest BCUT2D eigenvalue weighted by atomic mass is 10.2. The molecule has 60 valence electrons. The van der Waals surface area contributed by atoms with Gasteiger partial charge in [0.25, 0.3) is 0 Å². The maximum atomic E-state index is 9.38. The molecule has 0 aromatic carbocycles. The van der Waals surface area contributed by atoms with Crippen molar-refractivity contribution in [3.63, 3.8) is 0 Å². The molecule has 2 atom stereocenters. The van der Waals surface area contributed by atoms with E-state index in [1.807, 2.05) is 0 Å². The van der Waals surface area contributed by atoms with Crippen molar-refractivity contribution in [2.45, 2.75) is 22.9 Å². The summed E-state index contributed by atoms with van der Waals surface area (Å²) in [4.78, 5) is 2.20. The summed E-state index contributed by atoms with van der Waals surface area (Å²) >= 11 is 2.42. The molecule has 3 heteroatoms. The number of rotatable bonds is 0. The van der Waals surface area contributed by atoms with Gasteiger partial charge in [-0.05, 0) is 26.4 Å². The van der Waals surface area contributed by atoms with Crippen LogP contribution in [-0.2, 0) is 0 Å². The first kappa shape index (κ1) is 8.74. The lowest BCUT2D eigenvalue weighted by Crippen LogP contribution is -2.26. The molecule has 1 N–H and O–H groups in total. The Morgan fingerprint density at radius 1 is 1.60 bits per heavy atom. The summed E-state index contributed by atoms with van der Waals surface area (Å²) in [5.41, 5.74) is 0. The average Bonchev–Trinajstić information content (AvgIpc) is 1.93. The van der Waals surface area contributed by atoms with Gasteiger partial charge < -0.3 is 10.0 Å². The van der Waals surface area contributed by atoms with E-state index in [0.29, 0.717) is 3.92 Å². The van der Waals surface area contributed by atoms with Gasteiger partial charge in [-0.25, -0.2) is 0 Å². The van der Waals surface area contributed by atoms with Crippen molar-refractivity contribution in [1.29, 1.82) is 0 Å². The number of aliphatic hydroxyl groups excluding tert-OH is 1. The average molecular weight is 255 g/mol. The molecule has 1 heterocycles. The number of alkyl halides is 1. The fourth-order valence-electron chi connectivity index (χ4n) is 1.30. The molecular formula is C7H14INO. The molecule has 0 aromatic heterocycles. The zero-order valence-corrected chi connectivity index (χ0v) is 8.41. The minimum absolute atomic E-state index is 0.102. The van der Waals surface area contributed by atoms with Gasteiger partial charge in [0.15, 0.2) is 0 Å². The van der Waals surface area contributed by atoms with E-state index in [2.05, 4.69) is 34.5 Å². The Balaban J connectivity index is 2.38. The van der Waals surface area contributed by atoms with E-state index in [-0.39, 0.29) is 6.10 Å². The standard InChI is InChI=1S/C7H14INO/c1-9-3-2-6(8)4-7(10)5-9/h6-7,10H,2-5H2,1H3. The second kappa shape index (κ2) is 3.88. The fraction of sp³-hybridized carbons (Fsp3) is 1.00. The van der Waals surface area contributed by atoms with Crippen molar-refractivity contribution >= 4 is 22.6 Å². The van der Waals surface area contributed by atoms with E-state index in [1.54, 1.807) is 0 Å². The Morgan fingerprint density at radius 3 is 3.00 bits per heavy atom. The van der Waals surface area contributed by atoms with E-state index < -0.39 is 0 Å². The second-order valence-electron chi connectivity index (χ2n) is 3.04. The van der Waals surface area contributed by atoms with Crippen molar-refractivity contribution in [2.75, 3.05) is 20.1 Å². The van der Waals surface area contributed by atoms with Gasteiger partial charge in [0, 0.05) is 10.5 Å². The zero-order valence-electron chi connectivity index (χ0n) is 6.26. The molecule has 0 aliphatic carbocycles. The van der Waals surface area contributed by atoms with Crippen molar-refractivity contribution < 1.29 is 5.11 Å². The lowest BCUT2D eigenvalue weighted by Gasteiger charge is -2.14. The molecule has 0 bridgehead atoms. The number of nitrogens with zero attached hydrogens (tertiary/aromatic N) is 1. The highest BCUT2D eigenvalue weighted by atomic mass is 127. The van der Waals surface area contributed by atoms with E-state index in [9.17, 15) is 5.11 Å². The van der Waals surface area contributed by atoms with Gasteiger partial charge in [-0.1, -0.05) is 22.6 Å². The Bertz CT molecular complexity index is 97.8. The summed E-state index contributed by atoms with van der Waals surface area (Å²) in [6.07, 6.45) is 2.08. The molecule has 1 saturated heterocycles. The van der Waals surface area contributed by atoms with Crippen LogP contribution < -0.4 is 0 Å². The first-order chi connectivity index (χ1) is 4.68. The molecule has 0 spiro atoms. The summed E-state index contributed by atoms with van der Waals surface area (Å²) in [6, 6.07) is 0. The highest BCUT2D eigenvalue weighted by molar-refractivity contribution is 14.1. The van der Waals surface area contributed by atoms with Crippen molar-refractivity contribution in [1.82, 2.24) is 4.90 Å². The summed E-state index contributed by atoms with van der Waals surface area (Å²) < 4.78 is 0.664. The maximum Gasteiger partial charge on any atom is 0.0677 e. The van der Waals surface area contributed by atoms with Crippen LogP contribution in [0.15, 0.2) is 0 Å². The summed E-state index contributed by atoms with van der Waals surface area (Å²) in [5, 5.41) is 9.38. The highest BCUT2D eigenvalue weighted by Gasteiger charge is 2.18. The number of hydrogen-bond donors (Lipinski definition) is 1. The topological polar surface area (TPSA) is 23.5 Å². The predicted octanol–water partition coefficient (Wildman–Crippen LogP) is 0.877. The Labute approximate surface area is 75.7 Å². The largest absolute Gasteiger partial charge is 0.392 e. The number of likely N-dealkylation sites (N-methyl/N-ethyl adjacent to an activating group) is 1. The first-order valence-electron chi connectivity index (χ1n) is 3.69. The lowest BCUT2D eigenvalue weighted by molar-refractivity contribution is 0.134. The van der Waals surface area contributed by atoms with E-state index in [4.69, 9.17) is 0 Å². The van der Waals surface area contributed by atoms with Crippen LogP contribution in [0.3, 0.4) is 0 Å². The quantitative estimate of drug-likeness (QED) is 0.513. The Hall–Kier alpha value is 0.650. The molecule has 1 aliphatic heterocycles. The Morgan fingerprint density at radius 2 is 2.30 bits per heavy atom. The molecular weight excluding hydrogens is 241 g/mol. The van der Waals surface area contributed by atoms with Gasteiger partial charge >= 0.3 is 0 Å². The summed E-state index contributed by atoms with van der Waals surface area (Å²) in [6.45, 7) is 1.98. The minimum atomic E-state index is -0.102. The zero-order chi connectivity index (χ0) is 7.56. The third-order valence-corrected chi connectivity index (χ3v) is 3.01. The number of β-amino-alcohol motifs (C(OH)–C–C–N with tert-alkyl or cyclic N) is 1. The number of hydrogen-bond acceptors (Lipinski definition) is 2. The SMILES string of the molecule is CN1CCC(I)CC(O)C1. The van der Waals surface area contributed by atoms with Gasteiger partial charge in [0.05, 0.1) is 6.10 Å². The van der Waals surface area contributed by atoms with Gasteiger partial charge in [0.2, 0.25) is 0 Å². The summed E-state index contributed by atoms with van der Waals surface area (Å²) in [5.74, 6) is 0. The van der Waals surface area contributed by atoms with Crippen LogP contribution in [0.5, 0.6) is 0 Å². The van der Waals surface area contributed by atoms with Crippen molar-refractivity contribution in [3.05, 3.63) is 0 Å². The maximum absolute atomic E-state index is 9.38. The van der Waals surface area contributed by atoms with Crippen LogP contribution in [0.4, 0.5) is 0 Å². The molecule has 0 radical (unpaired) electrons. The van der Waals surface area contributed by atoms with Crippen molar-refractivity contribution in [2.24, 2.45) is 0 Å². The molecule has 10 heavy (non-hydrogen) atoms. The van der Waals surface area contributed by atoms with Crippen LogP contribution >= 0.6 is 22.6 Å². The number of aliphatic hydroxyl groups is 1. The van der Waals surface area contributed by atoms with Crippen LogP contribution in [0.1, 0.15) is 12.8 Å². The van der Waals surface area contributed by atoms with Crippen LogP contribution in [0.2, 0.25) is 0 Å². The normalized spacial score (nSPS) is 37.5. The third kappa shape index (κ3) is 2.72. The highest BCUT2D eigenvalue weighted by Crippen LogP contribution is 2.17. The third-order valence-electron chi connectivity index (χ3n) is 1.87. The van der Waals surface area contributed by atoms with E-state index >= 15 is 0 Å². The smallest absolute Gasteiger partial charge is 0.0677 e. The predicted molar refractivity (Wildman–Crippen MR) is 50.5 cm³/mol. The molecule has 2 unspecified atom stereocenters. The van der Waals surface area contributed by atoms with Gasteiger partial charge in [-0.2, -0.15) is 0 Å². The van der Waals surface area contributed by atoms with Crippen molar-refractivity contribution in [3.8, 4) is 0 Å². The van der Waals surface area contributed by atoms with E-state index in [1.165, 1.54) is 6.42 Å². The molecule has 0 amide bonds. The second-order valence-corrected chi connectivity index (χ2v) is 4.80.